The number of rotatable bonds is 3. The van der Waals surface area contributed by atoms with E-state index in [-0.39, 0.29) is 5.84 Å². The summed E-state index contributed by atoms with van der Waals surface area (Å²) in [6, 6.07) is 10.6. The van der Waals surface area contributed by atoms with Crippen LogP contribution in [0.15, 0.2) is 48.8 Å². The molecular weight excluding hydrogens is 288 g/mol. The summed E-state index contributed by atoms with van der Waals surface area (Å²) in [5.41, 5.74) is 6.45. The van der Waals surface area contributed by atoms with Crippen LogP contribution in [-0.4, -0.2) is 15.8 Å². The van der Waals surface area contributed by atoms with Gasteiger partial charge in [0.1, 0.15) is 22.8 Å². The summed E-state index contributed by atoms with van der Waals surface area (Å²) in [6.45, 7) is 0. The summed E-state index contributed by atoms with van der Waals surface area (Å²) < 4.78 is 5.79. The number of ether oxygens (including phenoxy) is 1. The highest BCUT2D eigenvalue weighted by Crippen LogP contribution is 2.32. The second-order valence-corrected chi connectivity index (χ2v) is 4.75. The number of hydrogen-bond donors (Lipinski definition) is 2. The highest BCUT2D eigenvalue weighted by molar-refractivity contribution is 6.35. The molecule has 0 amide bonds. The maximum Gasteiger partial charge on any atom is 0.153 e. The first-order valence-electron chi connectivity index (χ1n) is 6.16. The number of pyridine rings is 2. The van der Waals surface area contributed by atoms with Crippen molar-refractivity contribution in [2.45, 2.75) is 0 Å². The van der Waals surface area contributed by atoms with E-state index in [1.165, 1.54) is 6.20 Å². The van der Waals surface area contributed by atoms with Crippen LogP contribution in [0.1, 0.15) is 5.69 Å². The van der Waals surface area contributed by atoms with Crippen molar-refractivity contribution in [1.82, 2.24) is 9.97 Å². The topological polar surface area (TPSA) is 84.9 Å². The standard InChI is InChI=1S/C15H11ClN4O/c16-11-4-6-13(14-10(11)2-1-7-19-14)21-9-3-5-12(15(17)18)20-8-9/h1-8H,(H3,17,18). The fraction of sp³-hybridized carbons (Fsp3) is 0. The van der Waals surface area contributed by atoms with Crippen molar-refractivity contribution >= 4 is 28.3 Å². The Morgan fingerprint density at radius 3 is 2.71 bits per heavy atom. The summed E-state index contributed by atoms with van der Waals surface area (Å²) in [5.74, 6) is 1.04. The lowest BCUT2D eigenvalue weighted by atomic mass is 10.2. The quantitative estimate of drug-likeness (QED) is 0.573. The average Bonchev–Trinajstić information content (AvgIpc) is 2.51. The summed E-state index contributed by atoms with van der Waals surface area (Å²) in [7, 11) is 0. The molecule has 3 aromatic rings. The van der Waals surface area contributed by atoms with Crippen LogP contribution >= 0.6 is 11.6 Å². The van der Waals surface area contributed by atoms with Crippen molar-refractivity contribution in [3.05, 3.63) is 59.5 Å². The molecule has 3 rings (SSSR count). The summed E-state index contributed by atoms with van der Waals surface area (Å²) in [5, 5.41) is 8.75. The predicted molar refractivity (Wildman–Crippen MR) is 82.1 cm³/mol. The number of nitrogens with zero attached hydrogens (tertiary/aromatic N) is 2. The van der Waals surface area contributed by atoms with E-state index in [1.54, 1.807) is 30.5 Å². The average molecular weight is 299 g/mol. The van der Waals surface area contributed by atoms with Crippen LogP contribution in [0.3, 0.4) is 0 Å². The van der Waals surface area contributed by atoms with Crippen molar-refractivity contribution in [3.8, 4) is 11.5 Å². The van der Waals surface area contributed by atoms with Crippen LogP contribution in [0, 0.1) is 5.41 Å². The van der Waals surface area contributed by atoms with Crippen molar-refractivity contribution < 1.29 is 4.74 Å². The molecule has 0 aliphatic heterocycles. The first kappa shape index (κ1) is 13.3. The molecular formula is C15H11ClN4O. The first-order chi connectivity index (χ1) is 10.1. The van der Waals surface area contributed by atoms with Crippen LogP contribution in [-0.2, 0) is 0 Å². The van der Waals surface area contributed by atoms with Crippen molar-refractivity contribution in [2.75, 3.05) is 0 Å². The SMILES string of the molecule is N=C(N)c1ccc(Oc2ccc(Cl)c3cccnc23)cn1. The van der Waals surface area contributed by atoms with Gasteiger partial charge in [-0.3, -0.25) is 10.4 Å². The molecule has 1 aromatic carbocycles. The number of aromatic nitrogens is 2. The fourth-order valence-electron chi connectivity index (χ4n) is 1.92. The van der Waals surface area contributed by atoms with Crippen LogP contribution < -0.4 is 10.5 Å². The van der Waals surface area contributed by atoms with Gasteiger partial charge in [0.2, 0.25) is 0 Å². The van der Waals surface area contributed by atoms with E-state index in [0.29, 0.717) is 27.7 Å². The van der Waals surface area contributed by atoms with E-state index in [0.717, 1.165) is 5.39 Å². The van der Waals surface area contributed by atoms with Gasteiger partial charge in [-0.15, -0.1) is 0 Å². The van der Waals surface area contributed by atoms with E-state index in [1.807, 2.05) is 12.1 Å². The molecule has 0 saturated heterocycles. The molecule has 0 atom stereocenters. The molecule has 0 spiro atoms. The van der Waals surface area contributed by atoms with E-state index < -0.39 is 0 Å². The molecule has 2 heterocycles. The zero-order chi connectivity index (χ0) is 14.8. The normalized spacial score (nSPS) is 10.5. The number of amidine groups is 1. The molecule has 0 unspecified atom stereocenters. The number of nitrogens with two attached hydrogens (primary N) is 1. The van der Waals surface area contributed by atoms with Crippen molar-refractivity contribution in [3.63, 3.8) is 0 Å². The minimum Gasteiger partial charge on any atom is -0.453 e. The van der Waals surface area contributed by atoms with E-state index in [2.05, 4.69) is 9.97 Å². The van der Waals surface area contributed by atoms with Gasteiger partial charge in [0.15, 0.2) is 5.75 Å². The maximum atomic E-state index is 7.31. The largest absolute Gasteiger partial charge is 0.453 e. The predicted octanol–water partition coefficient (Wildman–Crippen LogP) is 3.36. The molecule has 0 aliphatic carbocycles. The number of nitrogen functional groups attached to an aromatic ring is 1. The molecule has 3 N–H and O–H groups in total. The number of benzene rings is 1. The molecule has 0 fully saturated rings. The molecule has 5 nitrogen and oxygen atoms in total. The van der Waals surface area contributed by atoms with Gasteiger partial charge in [-0.2, -0.15) is 0 Å². The van der Waals surface area contributed by atoms with Crippen molar-refractivity contribution in [1.29, 1.82) is 5.41 Å². The minimum atomic E-state index is -0.0832. The van der Waals surface area contributed by atoms with E-state index >= 15 is 0 Å². The Bertz CT molecular complexity index is 818. The molecule has 0 radical (unpaired) electrons. The van der Waals surface area contributed by atoms with Gasteiger partial charge in [-0.05, 0) is 36.4 Å². The third-order valence-corrected chi connectivity index (χ3v) is 3.25. The van der Waals surface area contributed by atoms with Crippen LogP contribution in [0.2, 0.25) is 5.02 Å². The Labute approximate surface area is 125 Å². The Hall–Kier alpha value is -2.66. The maximum absolute atomic E-state index is 7.31. The molecule has 0 aliphatic rings. The summed E-state index contributed by atoms with van der Waals surface area (Å²) >= 11 is 6.14. The fourth-order valence-corrected chi connectivity index (χ4v) is 2.14. The second-order valence-electron chi connectivity index (χ2n) is 4.34. The van der Waals surface area contributed by atoms with Crippen LogP contribution in [0.4, 0.5) is 0 Å². The monoisotopic (exact) mass is 298 g/mol. The van der Waals surface area contributed by atoms with E-state index in [9.17, 15) is 0 Å². The number of fused-ring (bicyclic) bond motifs is 1. The third-order valence-electron chi connectivity index (χ3n) is 2.92. The summed E-state index contributed by atoms with van der Waals surface area (Å²) in [6.07, 6.45) is 3.20. The van der Waals surface area contributed by atoms with Gasteiger partial charge in [0.05, 0.1) is 11.2 Å². The Balaban J connectivity index is 1.98. The zero-order valence-electron chi connectivity index (χ0n) is 10.9. The van der Waals surface area contributed by atoms with Crippen LogP contribution in [0.5, 0.6) is 11.5 Å². The van der Waals surface area contributed by atoms with Crippen molar-refractivity contribution in [2.24, 2.45) is 5.73 Å². The Morgan fingerprint density at radius 1 is 1.14 bits per heavy atom. The Kier molecular flexibility index (Phi) is 3.41. The van der Waals surface area contributed by atoms with Gasteiger partial charge in [0, 0.05) is 11.6 Å². The van der Waals surface area contributed by atoms with Gasteiger partial charge in [0.25, 0.3) is 0 Å². The molecule has 2 aromatic heterocycles. The first-order valence-corrected chi connectivity index (χ1v) is 6.54. The lowest BCUT2D eigenvalue weighted by molar-refractivity contribution is 0.484. The highest BCUT2D eigenvalue weighted by Gasteiger charge is 2.08. The molecule has 6 heteroatoms. The van der Waals surface area contributed by atoms with Gasteiger partial charge in [-0.1, -0.05) is 11.6 Å². The number of nitrogens with one attached hydrogen (secondary N) is 1. The molecule has 104 valence electrons. The second kappa shape index (κ2) is 5.38. The van der Waals surface area contributed by atoms with Gasteiger partial charge in [-0.25, -0.2) is 4.98 Å². The summed E-state index contributed by atoms with van der Waals surface area (Å²) in [4.78, 5) is 8.35. The number of halogens is 1. The molecule has 21 heavy (non-hydrogen) atoms. The van der Waals surface area contributed by atoms with Crippen LogP contribution in [0.25, 0.3) is 10.9 Å². The minimum absolute atomic E-state index is 0.0832. The lowest BCUT2D eigenvalue weighted by Crippen LogP contribution is -2.12. The molecule has 0 bridgehead atoms. The van der Waals surface area contributed by atoms with Gasteiger partial charge < -0.3 is 10.5 Å². The lowest BCUT2D eigenvalue weighted by Gasteiger charge is -2.09. The Morgan fingerprint density at radius 2 is 2.00 bits per heavy atom. The highest BCUT2D eigenvalue weighted by atomic mass is 35.5. The van der Waals surface area contributed by atoms with E-state index in [4.69, 9.17) is 27.5 Å². The zero-order valence-corrected chi connectivity index (χ0v) is 11.6. The van der Waals surface area contributed by atoms with Gasteiger partial charge >= 0.3 is 0 Å². The third kappa shape index (κ3) is 2.64. The smallest absolute Gasteiger partial charge is 0.153 e. The number of hydrogen-bond acceptors (Lipinski definition) is 4. The molecule has 0 saturated carbocycles.